The fraction of sp³-hybridized carbons (Fsp3) is 0.435. The van der Waals surface area contributed by atoms with Gasteiger partial charge in [-0.3, -0.25) is 9.69 Å². The van der Waals surface area contributed by atoms with Crippen LogP contribution in [0.4, 0.5) is 5.69 Å². The number of piperazine rings is 1. The molecule has 2 aromatic carbocycles. The number of hydrogen-bond acceptors (Lipinski definition) is 4. The summed E-state index contributed by atoms with van der Waals surface area (Å²) in [7, 11) is 1.71. The van der Waals surface area contributed by atoms with Crippen molar-refractivity contribution >= 4 is 11.6 Å². The standard InChI is InChI=1S/C23H29N3O2/c1-28-22-9-5-4-8-21(22)26-14-12-25(13-15-26)17-23(27)24-20-11-10-18-6-2-3-7-19(18)16-20/h2-9,20H,10-17H2,1H3,(H,24,27). The highest BCUT2D eigenvalue weighted by Gasteiger charge is 2.23. The van der Waals surface area contributed by atoms with E-state index >= 15 is 0 Å². The molecule has 1 unspecified atom stereocenters. The molecule has 2 aromatic rings. The number of carbonyl (C=O) groups is 1. The van der Waals surface area contributed by atoms with E-state index in [1.165, 1.54) is 11.1 Å². The summed E-state index contributed by atoms with van der Waals surface area (Å²) in [5.41, 5.74) is 3.94. The summed E-state index contributed by atoms with van der Waals surface area (Å²) in [6.07, 6.45) is 3.03. The van der Waals surface area contributed by atoms with E-state index in [-0.39, 0.29) is 11.9 Å². The van der Waals surface area contributed by atoms with Gasteiger partial charge < -0.3 is 15.0 Å². The Morgan fingerprint density at radius 2 is 1.75 bits per heavy atom. The van der Waals surface area contributed by atoms with Crippen molar-refractivity contribution < 1.29 is 9.53 Å². The fourth-order valence-corrected chi connectivity index (χ4v) is 4.34. The number of anilines is 1. The Labute approximate surface area is 167 Å². The van der Waals surface area contributed by atoms with Crippen LogP contribution in [0.1, 0.15) is 17.5 Å². The topological polar surface area (TPSA) is 44.8 Å². The number of aryl methyl sites for hydroxylation is 1. The molecule has 28 heavy (non-hydrogen) atoms. The minimum absolute atomic E-state index is 0.148. The molecular weight excluding hydrogens is 350 g/mol. The Morgan fingerprint density at radius 3 is 2.54 bits per heavy atom. The number of para-hydroxylation sites is 2. The van der Waals surface area contributed by atoms with Crippen molar-refractivity contribution in [3.8, 4) is 5.75 Å². The molecule has 1 atom stereocenters. The second-order valence-corrected chi connectivity index (χ2v) is 7.71. The number of hydrogen-bond donors (Lipinski definition) is 1. The van der Waals surface area contributed by atoms with Crippen LogP contribution in [-0.4, -0.2) is 56.7 Å². The van der Waals surface area contributed by atoms with Crippen LogP contribution in [-0.2, 0) is 17.6 Å². The first-order chi connectivity index (χ1) is 13.7. The average molecular weight is 380 g/mol. The van der Waals surface area contributed by atoms with Crippen LogP contribution >= 0.6 is 0 Å². The Balaban J connectivity index is 1.25. The van der Waals surface area contributed by atoms with E-state index < -0.39 is 0 Å². The van der Waals surface area contributed by atoms with Gasteiger partial charge in [0.25, 0.3) is 0 Å². The molecule has 5 heteroatoms. The molecule has 0 bridgehead atoms. The lowest BCUT2D eigenvalue weighted by molar-refractivity contribution is -0.123. The molecule has 0 saturated carbocycles. The van der Waals surface area contributed by atoms with Gasteiger partial charge in [0.2, 0.25) is 5.91 Å². The van der Waals surface area contributed by atoms with Crippen molar-refractivity contribution in [2.75, 3.05) is 44.7 Å². The molecule has 1 N–H and O–H groups in total. The largest absolute Gasteiger partial charge is 0.495 e. The number of amides is 1. The zero-order valence-electron chi connectivity index (χ0n) is 16.6. The lowest BCUT2D eigenvalue weighted by atomic mass is 9.88. The second-order valence-electron chi connectivity index (χ2n) is 7.71. The number of nitrogens with zero attached hydrogens (tertiary/aromatic N) is 2. The number of benzene rings is 2. The smallest absolute Gasteiger partial charge is 0.234 e. The highest BCUT2D eigenvalue weighted by Crippen LogP contribution is 2.28. The van der Waals surface area contributed by atoms with Gasteiger partial charge in [-0.05, 0) is 42.5 Å². The van der Waals surface area contributed by atoms with Crippen molar-refractivity contribution in [1.29, 1.82) is 0 Å². The van der Waals surface area contributed by atoms with Crippen molar-refractivity contribution in [2.24, 2.45) is 0 Å². The Bertz CT molecular complexity index is 815. The van der Waals surface area contributed by atoms with Gasteiger partial charge >= 0.3 is 0 Å². The van der Waals surface area contributed by atoms with Crippen LogP contribution in [0.2, 0.25) is 0 Å². The quantitative estimate of drug-likeness (QED) is 0.867. The van der Waals surface area contributed by atoms with Gasteiger partial charge in [0, 0.05) is 32.2 Å². The van der Waals surface area contributed by atoms with Gasteiger partial charge in [-0.25, -0.2) is 0 Å². The van der Waals surface area contributed by atoms with Gasteiger partial charge in [-0.2, -0.15) is 0 Å². The maximum atomic E-state index is 12.6. The van der Waals surface area contributed by atoms with Crippen molar-refractivity contribution in [1.82, 2.24) is 10.2 Å². The number of ether oxygens (including phenoxy) is 1. The lowest BCUT2D eigenvalue weighted by Gasteiger charge is -2.36. The zero-order valence-corrected chi connectivity index (χ0v) is 16.6. The molecule has 5 nitrogen and oxygen atoms in total. The summed E-state index contributed by atoms with van der Waals surface area (Å²) in [4.78, 5) is 17.1. The number of nitrogens with one attached hydrogen (secondary N) is 1. The maximum Gasteiger partial charge on any atom is 0.234 e. The number of fused-ring (bicyclic) bond motifs is 1. The third-order valence-electron chi connectivity index (χ3n) is 5.88. The van der Waals surface area contributed by atoms with Crippen molar-refractivity contribution in [3.05, 3.63) is 59.7 Å². The molecule has 0 spiro atoms. The van der Waals surface area contributed by atoms with E-state index in [4.69, 9.17) is 4.74 Å². The highest BCUT2D eigenvalue weighted by molar-refractivity contribution is 5.78. The van der Waals surface area contributed by atoms with Gasteiger partial charge in [0.1, 0.15) is 5.75 Å². The van der Waals surface area contributed by atoms with Gasteiger partial charge in [-0.15, -0.1) is 0 Å². The summed E-state index contributed by atoms with van der Waals surface area (Å²) in [5, 5.41) is 3.25. The number of rotatable bonds is 5. The molecule has 0 aromatic heterocycles. The summed E-state index contributed by atoms with van der Waals surface area (Å²) in [6, 6.07) is 17.0. The molecule has 148 valence electrons. The maximum absolute atomic E-state index is 12.6. The average Bonchev–Trinajstić information content (AvgIpc) is 2.74. The minimum atomic E-state index is 0.148. The fourth-order valence-electron chi connectivity index (χ4n) is 4.34. The van der Waals surface area contributed by atoms with Crippen LogP contribution < -0.4 is 15.0 Å². The SMILES string of the molecule is COc1ccccc1N1CCN(CC(=O)NC2CCc3ccccc3C2)CC1. The molecule has 1 aliphatic heterocycles. The van der Waals surface area contributed by atoms with Crippen molar-refractivity contribution in [3.63, 3.8) is 0 Å². The molecule has 1 saturated heterocycles. The van der Waals surface area contributed by atoms with E-state index in [2.05, 4.69) is 45.4 Å². The molecule has 4 rings (SSSR count). The predicted octanol–water partition coefficient (Wildman–Crippen LogP) is 2.49. The van der Waals surface area contributed by atoms with E-state index in [0.29, 0.717) is 6.54 Å². The molecule has 0 radical (unpaired) electrons. The van der Waals surface area contributed by atoms with E-state index in [1.54, 1.807) is 7.11 Å². The van der Waals surface area contributed by atoms with E-state index in [1.807, 2.05) is 18.2 Å². The Kier molecular flexibility index (Phi) is 5.81. The molecule has 1 aliphatic carbocycles. The highest BCUT2D eigenvalue weighted by atomic mass is 16.5. The Hall–Kier alpha value is -2.53. The Morgan fingerprint density at radius 1 is 1.04 bits per heavy atom. The van der Waals surface area contributed by atoms with Crippen LogP contribution in [0.15, 0.2) is 48.5 Å². The van der Waals surface area contributed by atoms with Crippen LogP contribution in [0.5, 0.6) is 5.75 Å². The summed E-state index contributed by atoms with van der Waals surface area (Å²) in [5.74, 6) is 1.06. The van der Waals surface area contributed by atoms with Gasteiger partial charge in [0.15, 0.2) is 0 Å². The van der Waals surface area contributed by atoms with Crippen LogP contribution in [0.25, 0.3) is 0 Å². The zero-order chi connectivity index (χ0) is 19.3. The first-order valence-electron chi connectivity index (χ1n) is 10.2. The normalized spacial score (nSPS) is 19.8. The third kappa shape index (κ3) is 4.30. The number of methoxy groups -OCH3 is 1. The molecular formula is C23H29N3O2. The summed E-state index contributed by atoms with van der Waals surface area (Å²) < 4.78 is 5.48. The predicted molar refractivity (Wildman–Crippen MR) is 112 cm³/mol. The van der Waals surface area contributed by atoms with Gasteiger partial charge in [0.05, 0.1) is 19.3 Å². The van der Waals surface area contributed by atoms with Crippen molar-refractivity contribution in [2.45, 2.75) is 25.3 Å². The summed E-state index contributed by atoms with van der Waals surface area (Å²) in [6.45, 7) is 4.07. The number of carbonyl (C=O) groups excluding carboxylic acids is 1. The van der Waals surface area contributed by atoms with Gasteiger partial charge in [-0.1, -0.05) is 36.4 Å². The first-order valence-corrected chi connectivity index (χ1v) is 10.2. The van der Waals surface area contributed by atoms with E-state index in [9.17, 15) is 4.79 Å². The molecule has 1 heterocycles. The van der Waals surface area contributed by atoms with Crippen LogP contribution in [0.3, 0.4) is 0 Å². The molecule has 2 aliphatic rings. The third-order valence-corrected chi connectivity index (χ3v) is 5.88. The minimum Gasteiger partial charge on any atom is -0.495 e. The lowest BCUT2D eigenvalue weighted by Crippen LogP contribution is -2.51. The monoisotopic (exact) mass is 379 g/mol. The van der Waals surface area contributed by atoms with Crippen LogP contribution in [0, 0.1) is 0 Å². The second kappa shape index (κ2) is 8.65. The summed E-state index contributed by atoms with van der Waals surface area (Å²) >= 11 is 0. The first kappa shape index (κ1) is 18.8. The van der Waals surface area contributed by atoms with E-state index in [0.717, 1.165) is 56.9 Å². The molecule has 1 fully saturated rings. The molecule has 1 amide bonds.